The third-order valence-electron chi connectivity index (χ3n) is 3.73. The molecule has 0 aliphatic rings. The van der Waals surface area contributed by atoms with Crippen LogP contribution < -0.4 is 5.43 Å². The molecule has 27 heavy (non-hydrogen) atoms. The van der Waals surface area contributed by atoms with E-state index in [2.05, 4.69) is 15.9 Å². The molecule has 0 atom stereocenters. The Labute approximate surface area is 167 Å². The molecule has 0 N–H and O–H groups in total. The van der Waals surface area contributed by atoms with E-state index in [0.717, 1.165) is 4.47 Å². The molecule has 2 rings (SSSR count). The minimum Gasteiger partial charge on any atom is -0.334 e. The van der Waals surface area contributed by atoms with Crippen LogP contribution in [0.2, 0.25) is 0 Å². The number of nitrogens with zero attached hydrogens (tertiary/aromatic N) is 1. The molecular formula is C19H25BrNO5P. The predicted octanol–water partition coefficient (Wildman–Crippen LogP) is 5.36. The SMILES string of the molecule is CCC(=O)c1cn(CP(=O)(OC(C)C)OC(C)C)c2cc(Br)ccc2c1=O. The topological polar surface area (TPSA) is 74.6 Å². The molecule has 0 aliphatic carbocycles. The van der Waals surface area contributed by atoms with E-state index in [-0.39, 0.29) is 41.7 Å². The second kappa shape index (κ2) is 8.82. The van der Waals surface area contributed by atoms with Crippen LogP contribution in [-0.2, 0) is 19.9 Å². The summed E-state index contributed by atoms with van der Waals surface area (Å²) < 4.78 is 27.0. The number of pyridine rings is 1. The van der Waals surface area contributed by atoms with Gasteiger partial charge in [0.2, 0.25) is 0 Å². The lowest BCUT2D eigenvalue weighted by Gasteiger charge is -2.24. The molecule has 0 aliphatic heterocycles. The highest BCUT2D eigenvalue weighted by molar-refractivity contribution is 9.10. The van der Waals surface area contributed by atoms with Gasteiger partial charge in [-0.05, 0) is 45.9 Å². The quantitative estimate of drug-likeness (QED) is 0.394. The predicted molar refractivity (Wildman–Crippen MR) is 111 cm³/mol. The van der Waals surface area contributed by atoms with E-state index < -0.39 is 7.60 Å². The Morgan fingerprint density at radius 3 is 2.30 bits per heavy atom. The van der Waals surface area contributed by atoms with Gasteiger partial charge in [0.05, 0.1) is 23.3 Å². The van der Waals surface area contributed by atoms with E-state index in [1.165, 1.54) is 6.20 Å². The summed E-state index contributed by atoms with van der Waals surface area (Å²) in [5.41, 5.74) is 0.305. The number of carbonyl (C=O) groups is 1. The first kappa shape index (κ1) is 22.0. The van der Waals surface area contributed by atoms with Crippen LogP contribution in [0.15, 0.2) is 33.7 Å². The number of rotatable bonds is 8. The fourth-order valence-electron chi connectivity index (χ4n) is 2.79. The van der Waals surface area contributed by atoms with Gasteiger partial charge in [0.1, 0.15) is 6.29 Å². The summed E-state index contributed by atoms with van der Waals surface area (Å²) >= 11 is 3.40. The van der Waals surface area contributed by atoms with Crippen LogP contribution in [0.3, 0.4) is 0 Å². The lowest BCUT2D eigenvalue weighted by atomic mass is 10.1. The van der Waals surface area contributed by atoms with Crippen molar-refractivity contribution < 1.29 is 18.4 Å². The van der Waals surface area contributed by atoms with Crippen molar-refractivity contribution in [1.82, 2.24) is 4.57 Å². The van der Waals surface area contributed by atoms with Crippen LogP contribution >= 0.6 is 23.5 Å². The van der Waals surface area contributed by atoms with Crippen molar-refractivity contribution in [2.24, 2.45) is 0 Å². The second-order valence-corrected chi connectivity index (χ2v) is 9.68. The molecule has 8 heteroatoms. The molecule has 1 aromatic carbocycles. The number of Topliss-reactive ketones (excluding diaryl/α,β-unsaturated/α-hetero) is 1. The van der Waals surface area contributed by atoms with Crippen molar-refractivity contribution in [2.45, 2.75) is 59.5 Å². The summed E-state index contributed by atoms with van der Waals surface area (Å²) in [6, 6.07) is 5.15. The van der Waals surface area contributed by atoms with Crippen molar-refractivity contribution in [2.75, 3.05) is 0 Å². The normalized spacial score (nSPS) is 12.3. The van der Waals surface area contributed by atoms with Crippen molar-refractivity contribution in [3.8, 4) is 0 Å². The summed E-state index contributed by atoms with van der Waals surface area (Å²) in [7, 11) is -3.51. The number of fused-ring (bicyclic) bond motifs is 1. The fourth-order valence-corrected chi connectivity index (χ4v) is 5.21. The van der Waals surface area contributed by atoms with E-state index in [4.69, 9.17) is 9.05 Å². The molecule has 1 aromatic heterocycles. The highest BCUT2D eigenvalue weighted by Crippen LogP contribution is 2.52. The zero-order valence-corrected chi connectivity index (χ0v) is 18.7. The molecule has 0 saturated carbocycles. The van der Waals surface area contributed by atoms with Crippen LogP contribution in [-0.4, -0.2) is 22.6 Å². The van der Waals surface area contributed by atoms with Gasteiger partial charge in [-0.15, -0.1) is 0 Å². The summed E-state index contributed by atoms with van der Waals surface area (Å²) in [5, 5.41) is 0.387. The van der Waals surface area contributed by atoms with Crippen LogP contribution in [0.25, 0.3) is 10.9 Å². The number of benzene rings is 1. The summed E-state index contributed by atoms with van der Waals surface area (Å²) in [6.45, 7) is 8.82. The Kier molecular flexibility index (Phi) is 7.20. The smallest absolute Gasteiger partial charge is 0.334 e. The summed E-state index contributed by atoms with van der Waals surface area (Å²) in [5.74, 6) is -0.261. The van der Waals surface area contributed by atoms with Gasteiger partial charge in [-0.1, -0.05) is 22.9 Å². The maximum atomic E-state index is 13.3. The maximum absolute atomic E-state index is 13.3. The molecule has 0 amide bonds. The van der Waals surface area contributed by atoms with E-state index in [1.54, 1.807) is 57.4 Å². The van der Waals surface area contributed by atoms with E-state index in [9.17, 15) is 14.2 Å². The van der Waals surface area contributed by atoms with Gasteiger partial charge in [0.25, 0.3) is 0 Å². The fraction of sp³-hybridized carbons (Fsp3) is 0.474. The third-order valence-corrected chi connectivity index (χ3v) is 6.36. The van der Waals surface area contributed by atoms with Gasteiger partial charge >= 0.3 is 7.60 Å². The van der Waals surface area contributed by atoms with Gasteiger partial charge in [-0.2, -0.15) is 0 Å². The molecule has 2 aromatic rings. The minimum absolute atomic E-state index is 0.0768. The monoisotopic (exact) mass is 457 g/mol. The van der Waals surface area contributed by atoms with E-state index in [1.807, 2.05) is 0 Å². The Bertz CT molecular complexity index is 937. The first-order chi connectivity index (χ1) is 12.6. The molecule has 148 valence electrons. The van der Waals surface area contributed by atoms with Crippen molar-refractivity contribution in [3.63, 3.8) is 0 Å². The molecular weight excluding hydrogens is 433 g/mol. The largest absolute Gasteiger partial charge is 0.350 e. The van der Waals surface area contributed by atoms with Crippen LogP contribution in [0.4, 0.5) is 0 Å². The maximum Gasteiger partial charge on any atom is 0.350 e. The van der Waals surface area contributed by atoms with Crippen molar-refractivity contribution in [3.05, 3.63) is 44.7 Å². The van der Waals surface area contributed by atoms with Gasteiger partial charge < -0.3 is 13.6 Å². The molecule has 0 radical (unpaired) electrons. The molecule has 1 heterocycles. The Morgan fingerprint density at radius 1 is 1.19 bits per heavy atom. The molecule has 6 nitrogen and oxygen atoms in total. The average molecular weight is 458 g/mol. The average Bonchev–Trinajstić information content (AvgIpc) is 2.54. The Morgan fingerprint density at radius 2 is 1.78 bits per heavy atom. The van der Waals surface area contributed by atoms with Crippen molar-refractivity contribution >= 4 is 40.2 Å². The molecule has 0 unspecified atom stereocenters. The van der Waals surface area contributed by atoms with E-state index in [0.29, 0.717) is 10.9 Å². The minimum atomic E-state index is -3.51. The summed E-state index contributed by atoms with van der Waals surface area (Å²) in [6.07, 6.45) is 0.969. The zero-order chi connectivity index (χ0) is 20.4. The van der Waals surface area contributed by atoms with Crippen LogP contribution in [0.1, 0.15) is 51.4 Å². The third kappa shape index (κ3) is 5.38. The van der Waals surface area contributed by atoms with Crippen molar-refractivity contribution in [1.29, 1.82) is 0 Å². The number of halogens is 1. The zero-order valence-electron chi connectivity index (χ0n) is 16.2. The second-order valence-electron chi connectivity index (χ2n) is 6.84. The molecule has 0 fully saturated rings. The lowest BCUT2D eigenvalue weighted by Crippen LogP contribution is -2.20. The molecule has 0 saturated heterocycles. The lowest BCUT2D eigenvalue weighted by molar-refractivity contribution is 0.0986. The first-order valence-corrected chi connectivity index (χ1v) is 11.4. The Balaban J connectivity index is 2.69. The summed E-state index contributed by atoms with van der Waals surface area (Å²) in [4.78, 5) is 25.0. The number of ketones is 1. The standard InChI is InChI=1S/C19H25BrNO5P/c1-6-18(22)16-10-21(11-27(24,25-12(2)3)26-13(4)5)17-9-14(20)7-8-15(17)19(16)23/h7-10,12-13H,6,11H2,1-5H3. The number of hydrogen-bond donors (Lipinski definition) is 0. The molecule has 0 spiro atoms. The molecule has 0 bridgehead atoms. The van der Waals surface area contributed by atoms with Gasteiger partial charge in [0.15, 0.2) is 11.2 Å². The van der Waals surface area contributed by atoms with Crippen LogP contribution in [0.5, 0.6) is 0 Å². The number of carbonyl (C=O) groups excluding carboxylic acids is 1. The highest BCUT2D eigenvalue weighted by atomic mass is 79.9. The Hall–Kier alpha value is -1.27. The van der Waals surface area contributed by atoms with Gasteiger partial charge in [-0.3, -0.25) is 14.2 Å². The van der Waals surface area contributed by atoms with Gasteiger partial charge in [-0.25, -0.2) is 0 Å². The highest BCUT2D eigenvalue weighted by Gasteiger charge is 2.29. The van der Waals surface area contributed by atoms with E-state index >= 15 is 0 Å². The first-order valence-electron chi connectivity index (χ1n) is 8.88. The number of aromatic nitrogens is 1. The number of hydrogen-bond acceptors (Lipinski definition) is 5. The van der Waals surface area contributed by atoms with Gasteiger partial charge in [0, 0.05) is 22.5 Å². The van der Waals surface area contributed by atoms with Crippen LogP contribution in [0, 0.1) is 0 Å².